The number of thiophene rings is 1. The second kappa shape index (κ2) is 5.67. The number of hydrogen-bond donors (Lipinski definition) is 2. The molecule has 2 nitrogen and oxygen atoms in total. The van der Waals surface area contributed by atoms with Crippen molar-refractivity contribution in [2.45, 2.75) is 13.0 Å². The Balaban J connectivity index is 2.15. The Kier molecular flexibility index (Phi) is 4.20. The first kappa shape index (κ1) is 12.6. The zero-order chi connectivity index (χ0) is 12.3. The molecule has 0 saturated heterocycles. The molecule has 4 heteroatoms. The van der Waals surface area contributed by atoms with Crippen LogP contribution in [0.1, 0.15) is 15.8 Å². The van der Waals surface area contributed by atoms with Crippen molar-refractivity contribution in [3.05, 3.63) is 50.6 Å². The largest absolute Gasteiger partial charge is 0.376 e. The van der Waals surface area contributed by atoms with Crippen molar-refractivity contribution in [3.63, 3.8) is 0 Å². The van der Waals surface area contributed by atoms with E-state index in [-0.39, 0.29) is 6.04 Å². The summed E-state index contributed by atoms with van der Waals surface area (Å²) in [7, 11) is 0. The molecule has 0 saturated carbocycles. The van der Waals surface area contributed by atoms with Gasteiger partial charge in [-0.25, -0.2) is 0 Å². The Morgan fingerprint density at radius 2 is 2.18 bits per heavy atom. The molecule has 0 aliphatic heterocycles. The molecule has 1 aromatic heterocycles. The van der Waals surface area contributed by atoms with E-state index in [1.165, 1.54) is 9.75 Å². The van der Waals surface area contributed by atoms with Crippen molar-refractivity contribution in [3.8, 4) is 0 Å². The highest BCUT2D eigenvalue weighted by Crippen LogP contribution is 2.26. The van der Waals surface area contributed by atoms with Gasteiger partial charge >= 0.3 is 0 Å². The third kappa shape index (κ3) is 3.31. The Bertz CT molecular complexity index is 496. The number of rotatable bonds is 4. The zero-order valence-corrected chi connectivity index (χ0v) is 12.0. The fraction of sp³-hybridized carbons (Fsp3) is 0.231. The molecule has 1 unspecified atom stereocenters. The van der Waals surface area contributed by atoms with E-state index in [0.717, 1.165) is 10.2 Å². The summed E-state index contributed by atoms with van der Waals surface area (Å²) in [6.07, 6.45) is 0. The second-order valence-corrected chi connectivity index (χ2v) is 6.13. The highest BCUT2D eigenvalue weighted by Gasteiger charge is 2.11. The first-order valence-electron chi connectivity index (χ1n) is 5.47. The Labute approximate surface area is 114 Å². The Hall–Kier alpha value is -0.840. The van der Waals surface area contributed by atoms with E-state index in [1.54, 1.807) is 11.3 Å². The summed E-state index contributed by atoms with van der Waals surface area (Å²) in [5, 5.41) is 3.45. The summed E-state index contributed by atoms with van der Waals surface area (Å²) in [6.45, 7) is 2.70. The van der Waals surface area contributed by atoms with Gasteiger partial charge in [0.05, 0.1) is 6.04 Å². The van der Waals surface area contributed by atoms with E-state index >= 15 is 0 Å². The molecular formula is C13H15BrN2S. The van der Waals surface area contributed by atoms with Crippen LogP contribution in [0.2, 0.25) is 0 Å². The molecule has 0 amide bonds. The highest BCUT2D eigenvalue weighted by molar-refractivity contribution is 9.10. The topological polar surface area (TPSA) is 38.0 Å². The quantitative estimate of drug-likeness (QED) is 0.898. The highest BCUT2D eigenvalue weighted by atomic mass is 79.9. The SMILES string of the molecule is Cc1ccc(C(CN)Nc2cccc(Br)c2)s1. The molecule has 0 fully saturated rings. The van der Waals surface area contributed by atoms with Gasteiger partial charge in [0.15, 0.2) is 0 Å². The summed E-state index contributed by atoms with van der Waals surface area (Å²) in [4.78, 5) is 2.60. The predicted octanol–water partition coefficient (Wildman–Crippen LogP) is 3.93. The maximum Gasteiger partial charge on any atom is 0.0728 e. The molecule has 2 aromatic rings. The van der Waals surface area contributed by atoms with Crippen molar-refractivity contribution in [1.29, 1.82) is 0 Å². The molecule has 90 valence electrons. The van der Waals surface area contributed by atoms with Crippen molar-refractivity contribution in [1.82, 2.24) is 0 Å². The van der Waals surface area contributed by atoms with E-state index in [0.29, 0.717) is 6.54 Å². The van der Waals surface area contributed by atoms with Gasteiger partial charge in [-0.2, -0.15) is 0 Å². The molecule has 0 aliphatic rings. The molecule has 0 aliphatic carbocycles. The minimum absolute atomic E-state index is 0.183. The average molecular weight is 311 g/mol. The first-order valence-corrected chi connectivity index (χ1v) is 7.08. The number of nitrogens with one attached hydrogen (secondary N) is 1. The molecular weight excluding hydrogens is 296 g/mol. The van der Waals surface area contributed by atoms with E-state index in [2.05, 4.69) is 46.4 Å². The standard InChI is InChI=1S/C13H15BrN2S/c1-9-5-6-13(17-9)12(8-15)16-11-4-2-3-10(14)7-11/h2-7,12,16H,8,15H2,1H3. The van der Waals surface area contributed by atoms with Gasteiger partial charge in [-0.3, -0.25) is 0 Å². The van der Waals surface area contributed by atoms with Crippen LogP contribution in [-0.2, 0) is 0 Å². The number of halogens is 1. The lowest BCUT2D eigenvalue weighted by Crippen LogP contribution is -2.19. The maximum atomic E-state index is 5.83. The number of benzene rings is 1. The molecule has 1 heterocycles. The molecule has 17 heavy (non-hydrogen) atoms. The maximum absolute atomic E-state index is 5.83. The number of anilines is 1. The van der Waals surface area contributed by atoms with Crippen molar-refractivity contribution >= 4 is 33.0 Å². The minimum atomic E-state index is 0.183. The third-order valence-electron chi connectivity index (χ3n) is 2.51. The lowest BCUT2D eigenvalue weighted by Gasteiger charge is -2.16. The average Bonchev–Trinajstić information content (AvgIpc) is 2.73. The van der Waals surface area contributed by atoms with Gasteiger partial charge in [0.2, 0.25) is 0 Å². The van der Waals surface area contributed by atoms with Crippen LogP contribution >= 0.6 is 27.3 Å². The van der Waals surface area contributed by atoms with Gasteiger partial charge in [0.1, 0.15) is 0 Å². The fourth-order valence-corrected chi connectivity index (χ4v) is 3.01. The normalized spacial score (nSPS) is 12.4. The van der Waals surface area contributed by atoms with Crippen LogP contribution in [0, 0.1) is 6.92 Å². The third-order valence-corrected chi connectivity index (χ3v) is 4.11. The van der Waals surface area contributed by atoms with E-state index < -0.39 is 0 Å². The molecule has 0 bridgehead atoms. The molecule has 1 aromatic carbocycles. The van der Waals surface area contributed by atoms with Gasteiger partial charge in [0.25, 0.3) is 0 Å². The van der Waals surface area contributed by atoms with Crippen LogP contribution in [0.5, 0.6) is 0 Å². The summed E-state index contributed by atoms with van der Waals surface area (Å²) in [5.74, 6) is 0. The molecule has 1 atom stereocenters. The van der Waals surface area contributed by atoms with Crippen molar-refractivity contribution in [2.24, 2.45) is 5.73 Å². The minimum Gasteiger partial charge on any atom is -0.376 e. The van der Waals surface area contributed by atoms with Gasteiger partial charge < -0.3 is 11.1 Å². The van der Waals surface area contributed by atoms with Crippen molar-refractivity contribution < 1.29 is 0 Å². The lowest BCUT2D eigenvalue weighted by molar-refractivity contribution is 0.806. The molecule has 2 rings (SSSR count). The number of hydrogen-bond acceptors (Lipinski definition) is 3. The van der Waals surface area contributed by atoms with Crippen LogP contribution in [0.25, 0.3) is 0 Å². The Morgan fingerprint density at radius 3 is 2.76 bits per heavy atom. The lowest BCUT2D eigenvalue weighted by atomic mass is 10.2. The summed E-state index contributed by atoms with van der Waals surface area (Å²) < 4.78 is 1.07. The second-order valence-electron chi connectivity index (χ2n) is 3.89. The van der Waals surface area contributed by atoms with Crippen LogP contribution in [0.4, 0.5) is 5.69 Å². The van der Waals surface area contributed by atoms with Gasteiger partial charge in [-0.1, -0.05) is 22.0 Å². The Morgan fingerprint density at radius 1 is 1.35 bits per heavy atom. The fourth-order valence-electron chi connectivity index (χ4n) is 1.67. The molecule has 0 radical (unpaired) electrons. The zero-order valence-electron chi connectivity index (χ0n) is 9.61. The monoisotopic (exact) mass is 310 g/mol. The van der Waals surface area contributed by atoms with Crippen molar-refractivity contribution in [2.75, 3.05) is 11.9 Å². The van der Waals surface area contributed by atoms with Crippen LogP contribution in [0.3, 0.4) is 0 Å². The number of nitrogens with two attached hydrogens (primary N) is 1. The van der Waals surface area contributed by atoms with E-state index in [4.69, 9.17) is 5.73 Å². The predicted molar refractivity (Wildman–Crippen MR) is 78.6 cm³/mol. The number of aryl methyl sites for hydroxylation is 1. The molecule has 3 N–H and O–H groups in total. The summed E-state index contributed by atoms with van der Waals surface area (Å²) in [5.41, 5.74) is 6.92. The van der Waals surface area contributed by atoms with Gasteiger partial charge in [0, 0.05) is 26.5 Å². The molecule has 0 spiro atoms. The summed E-state index contributed by atoms with van der Waals surface area (Å²) >= 11 is 5.26. The van der Waals surface area contributed by atoms with E-state index in [9.17, 15) is 0 Å². The van der Waals surface area contributed by atoms with Crippen LogP contribution < -0.4 is 11.1 Å². The van der Waals surface area contributed by atoms with E-state index in [1.807, 2.05) is 18.2 Å². The van der Waals surface area contributed by atoms with Crippen LogP contribution in [0.15, 0.2) is 40.9 Å². The smallest absolute Gasteiger partial charge is 0.0728 e. The first-order chi connectivity index (χ1) is 8.19. The summed E-state index contributed by atoms with van der Waals surface area (Å²) in [6, 6.07) is 12.6. The van der Waals surface area contributed by atoms with Gasteiger partial charge in [-0.15, -0.1) is 11.3 Å². The van der Waals surface area contributed by atoms with Crippen LogP contribution in [-0.4, -0.2) is 6.54 Å². The van der Waals surface area contributed by atoms with Gasteiger partial charge in [-0.05, 0) is 37.3 Å².